The van der Waals surface area contributed by atoms with Crippen LogP contribution in [0.2, 0.25) is 48.8 Å². The first-order valence-electron chi connectivity index (χ1n) is 18.8. The molecule has 52 heavy (non-hydrogen) atoms. The van der Waals surface area contributed by atoms with Crippen LogP contribution < -0.4 is 10.1 Å². The number of rotatable bonds is 14. The van der Waals surface area contributed by atoms with Crippen molar-refractivity contribution >= 4 is 45.0 Å². The fraction of sp³-hybridized carbons (Fsp3) is 0.684. The first-order chi connectivity index (χ1) is 24.5. The van der Waals surface area contributed by atoms with Crippen molar-refractivity contribution in [3.05, 3.63) is 45.7 Å². The second-order valence-corrected chi connectivity index (χ2v) is 28.7. The highest BCUT2D eigenvalue weighted by Gasteiger charge is 2.52. The van der Waals surface area contributed by atoms with E-state index >= 15 is 4.39 Å². The number of aromatic nitrogens is 3. The van der Waals surface area contributed by atoms with Crippen LogP contribution in [0.3, 0.4) is 0 Å². The quantitative estimate of drug-likeness (QED) is 0.128. The summed E-state index contributed by atoms with van der Waals surface area (Å²) >= 11 is 6.85. The van der Waals surface area contributed by atoms with Gasteiger partial charge in [-0.25, -0.2) is 9.37 Å². The molecule has 1 aromatic carbocycles. The average molecular weight is 776 g/mol. The maximum absolute atomic E-state index is 15.7. The minimum atomic E-state index is -2.03. The molecule has 2 aromatic heterocycles. The summed E-state index contributed by atoms with van der Waals surface area (Å²) in [5, 5.41) is 3.96. The van der Waals surface area contributed by atoms with Crippen molar-refractivity contribution in [2.45, 2.75) is 127 Å². The van der Waals surface area contributed by atoms with E-state index in [2.05, 4.69) is 64.9 Å². The summed E-state index contributed by atoms with van der Waals surface area (Å²) in [6.07, 6.45) is 1.56. The number of nitrogens with zero attached hydrogens (tertiary/aromatic N) is 3. The minimum absolute atomic E-state index is 0.0745. The summed E-state index contributed by atoms with van der Waals surface area (Å²) in [5.41, 5.74) is 3.97. The summed E-state index contributed by atoms with van der Waals surface area (Å²) in [4.78, 5) is 9.84. The molecular weight excluding hydrogens is 719 g/mol. The van der Waals surface area contributed by atoms with Crippen molar-refractivity contribution < 1.29 is 32.5 Å². The molecule has 0 spiro atoms. The van der Waals surface area contributed by atoms with E-state index in [1.54, 1.807) is 19.2 Å². The van der Waals surface area contributed by atoms with Crippen LogP contribution in [0.5, 0.6) is 6.01 Å². The van der Waals surface area contributed by atoms with Gasteiger partial charge in [-0.05, 0) is 78.5 Å². The first-order valence-corrected chi connectivity index (χ1v) is 25.8. The lowest BCUT2D eigenvalue weighted by atomic mass is 10.0. The predicted molar refractivity (Wildman–Crippen MR) is 206 cm³/mol. The highest BCUT2D eigenvalue weighted by atomic mass is 35.5. The van der Waals surface area contributed by atoms with Gasteiger partial charge in [-0.3, -0.25) is 4.57 Å². The molecule has 4 heterocycles. The summed E-state index contributed by atoms with van der Waals surface area (Å²) < 4.78 is 55.0. The number of ether oxygens (including phenoxy) is 5. The molecule has 2 aliphatic carbocycles. The molecule has 2 aliphatic heterocycles. The van der Waals surface area contributed by atoms with Crippen LogP contribution in [0, 0.1) is 11.7 Å². The monoisotopic (exact) mass is 774 g/mol. The average Bonchev–Trinajstić information content (AvgIpc) is 3.33. The molecule has 1 saturated carbocycles. The number of halogens is 2. The number of hydrogen-bond donors (Lipinski definition) is 1. The lowest BCUT2D eigenvalue weighted by molar-refractivity contribution is 0.00687. The van der Waals surface area contributed by atoms with E-state index in [0.717, 1.165) is 36.4 Å². The van der Waals surface area contributed by atoms with Gasteiger partial charge in [-0.2, -0.15) is 4.98 Å². The van der Waals surface area contributed by atoms with E-state index in [0.29, 0.717) is 71.8 Å². The molecule has 0 radical (unpaired) electrons. The van der Waals surface area contributed by atoms with Gasteiger partial charge in [0.2, 0.25) is 0 Å². The lowest BCUT2D eigenvalue weighted by Gasteiger charge is -2.39. The number of methoxy groups -OCH3 is 1. The molecule has 0 amide bonds. The first kappa shape index (κ1) is 38.2. The fourth-order valence-electron chi connectivity index (χ4n) is 7.48. The molecule has 14 heteroatoms. The number of nitrogens with one attached hydrogen (secondary N) is 1. The molecular formula is C38H56ClFN4O6Si2. The molecule has 3 unspecified atom stereocenters. The van der Waals surface area contributed by atoms with Crippen LogP contribution in [0.4, 0.5) is 10.2 Å². The Labute approximate surface area is 314 Å². The van der Waals surface area contributed by atoms with Crippen LogP contribution >= 0.6 is 11.6 Å². The number of imidazole rings is 1. The zero-order chi connectivity index (χ0) is 37.2. The highest BCUT2D eigenvalue weighted by Crippen LogP contribution is 2.49. The van der Waals surface area contributed by atoms with Crippen LogP contribution in [0.15, 0.2) is 18.2 Å². The van der Waals surface area contributed by atoms with Crippen LogP contribution in [-0.4, -0.2) is 88.9 Å². The number of pyridine rings is 1. The third-order valence-corrected chi connectivity index (χ3v) is 18.2. The number of anilines is 1. The van der Waals surface area contributed by atoms with Gasteiger partial charge in [-0.1, -0.05) is 58.1 Å². The van der Waals surface area contributed by atoms with E-state index in [4.69, 9.17) is 49.7 Å². The molecule has 3 aromatic rings. The Balaban J connectivity index is 1.12. The Hall–Kier alpha value is -2.11. The Morgan fingerprint density at radius 2 is 1.77 bits per heavy atom. The van der Waals surface area contributed by atoms with Crippen LogP contribution in [0.1, 0.15) is 62.3 Å². The summed E-state index contributed by atoms with van der Waals surface area (Å²) in [7, 11) is -1.62. The molecule has 0 bridgehead atoms. The van der Waals surface area contributed by atoms with Gasteiger partial charge in [0.25, 0.3) is 0 Å². The van der Waals surface area contributed by atoms with Crippen molar-refractivity contribution in [3.8, 4) is 6.01 Å². The topological polar surface area (TPSA) is 98.1 Å². The van der Waals surface area contributed by atoms with Crippen molar-refractivity contribution in [1.29, 1.82) is 0 Å². The van der Waals surface area contributed by atoms with E-state index in [-0.39, 0.29) is 48.0 Å². The summed E-state index contributed by atoms with van der Waals surface area (Å²) in [5.74, 6) is 1.13. The smallest absolute Gasteiger partial charge is 0.301 e. The van der Waals surface area contributed by atoms with Gasteiger partial charge in [0.15, 0.2) is 20.1 Å². The van der Waals surface area contributed by atoms with Gasteiger partial charge < -0.3 is 33.4 Å². The molecule has 286 valence electrons. The highest BCUT2D eigenvalue weighted by molar-refractivity contribution is 6.76. The van der Waals surface area contributed by atoms with Crippen molar-refractivity contribution in [2.24, 2.45) is 5.92 Å². The Kier molecular flexibility index (Phi) is 10.7. The second-order valence-electron chi connectivity index (χ2n) is 17.9. The maximum atomic E-state index is 15.7. The zero-order valence-corrected chi connectivity index (χ0v) is 34.9. The fourth-order valence-corrected chi connectivity index (χ4v) is 9.75. The van der Waals surface area contributed by atoms with Gasteiger partial charge in [0.1, 0.15) is 36.1 Å². The van der Waals surface area contributed by atoms with E-state index in [1.807, 2.05) is 4.57 Å². The Morgan fingerprint density at radius 1 is 1.04 bits per heavy atom. The van der Waals surface area contributed by atoms with E-state index < -0.39 is 16.4 Å². The van der Waals surface area contributed by atoms with Crippen LogP contribution in [-0.2, 0) is 36.5 Å². The van der Waals surface area contributed by atoms with Crippen molar-refractivity contribution in [2.75, 3.05) is 38.9 Å². The van der Waals surface area contributed by atoms with Crippen molar-refractivity contribution in [3.63, 3.8) is 0 Å². The summed E-state index contributed by atoms with van der Waals surface area (Å²) in [6.45, 7) is 20.5. The number of hydrogen-bond acceptors (Lipinski definition) is 9. The second kappa shape index (κ2) is 14.5. The maximum Gasteiger partial charge on any atom is 0.301 e. The number of benzene rings is 1. The summed E-state index contributed by atoms with van der Waals surface area (Å²) in [6, 6.07) is 6.82. The van der Waals surface area contributed by atoms with Gasteiger partial charge in [-0.15, -0.1) is 0 Å². The largest absolute Gasteiger partial charge is 0.456 e. The third-order valence-electron chi connectivity index (χ3n) is 11.7. The number of fused-ring (bicyclic) bond motifs is 3. The molecule has 4 aliphatic rings. The Bertz CT molecular complexity index is 1780. The molecule has 2 saturated heterocycles. The molecule has 7 rings (SSSR count). The van der Waals surface area contributed by atoms with Gasteiger partial charge in [0.05, 0.1) is 30.4 Å². The zero-order valence-electron chi connectivity index (χ0n) is 32.2. The lowest BCUT2D eigenvalue weighted by Crippen LogP contribution is -2.47. The van der Waals surface area contributed by atoms with Crippen molar-refractivity contribution in [1.82, 2.24) is 14.5 Å². The van der Waals surface area contributed by atoms with E-state index in [9.17, 15) is 0 Å². The number of aryl methyl sites for hydroxylation is 1. The molecule has 1 N–H and O–H groups in total. The van der Waals surface area contributed by atoms with Crippen LogP contribution in [0.25, 0.3) is 11.2 Å². The van der Waals surface area contributed by atoms with E-state index in [1.165, 1.54) is 0 Å². The van der Waals surface area contributed by atoms with Gasteiger partial charge >= 0.3 is 6.01 Å². The minimum Gasteiger partial charge on any atom is -0.456 e. The SMILES string of the molecule is COCC1CC1c1cc(F)c2c(c1)CC[C@@H]2Nc1nc2c(cc1Cl)nc(O[C@@H]1CO[C@@H]3C(O[Si](C)(C)C(C)(C)C)CO[C@@H]31)n2COCC[Si](C)(C)C. The predicted octanol–water partition coefficient (Wildman–Crippen LogP) is 8.32. The molecule has 3 fully saturated rings. The Morgan fingerprint density at radius 3 is 2.48 bits per heavy atom. The molecule has 7 atom stereocenters. The molecule has 10 nitrogen and oxygen atoms in total. The standard InChI is InChI=1S/C38H56ClFN4O6Si2/c1-38(2,3)52(8,9)50-31-20-48-33-30(19-47-34(31)33)49-37-42-29-17-26(39)35(43-36(29)44(37)21-46-12-13-51(5,6)7)41-28-11-10-22-14-23(16-27(40)32(22)28)25-15-24(25)18-45-4/h14,16-17,24-25,28,30-31,33-34H,10-13,15,18-21H2,1-9H3,(H,41,43)/t24?,25?,28-,30+,31?,33+,34+/m0/s1. The van der Waals surface area contributed by atoms with Gasteiger partial charge in [0, 0.05) is 34.0 Å². The normalized spacial score (nSPS) is 27.3. The third kappa shape index (κ3) is 7.84.